The quantitative estimate of drug-likeness (QED) is 0.745. The maximum absolute atomic E-state index is 6.10. The summed E-state index contributed by atoms with van der Waals surface area (Å²) < 4.78 is 7.17. The minimum absolute atomic E-state index is 0.0104. The Kier molecular flexibility index (Phi) is 6.71. The van der Waals surface area contributed by atoms with Crippen LogP contribution in [0.1, 0.15) is 24.2 Å². The van der Waals surface area contributed by atoms with Gasteiger partial charge < -0.3 is 10.1 Å². The van der Waals surface area contributed by atoms with Gasteiger partial charge in [0.15, 0.2) is 0 Å². The molecule has 0 bridgehead atoms. The van der Waals surface area contributed by atoms with Gasteiger partial charge in [0.05, 0.1) is 12.7 Å². The summed E-state index contributed by atoms with van der Waals surface area (Å²) in [6.45, 7) is 4.36. The molecule has 1 N–H and O–H groups in total. The Bertz CT molecular complexity index is 559. The SMILES string of the molecule is CCNCC(OCc1ccc(Cl)cc1)c1ccccc1Br. The zero-order valence-corrected chi connectivity index (χ0v) is 14.3. The standard InChI is InChI=1S/C17H19BrClNO/c1-2-20-11-17(15-5-3-4-6-16(15)18)21-12-13-7-9-14(19)10-8-13/h3-10,17,20H,2,11-12H2,1H3. The second-order valence-corrected chi connectivity index (χ2v) is 6.05. The summed E-state index contributed by atoms with van der Waals surface area (Å²) in [6, 6.07) is 15.9. The molecule has 0 saturated heterocycles. The van der Waals surface area contributed by atoms with Crippen LogP contribution in [-0.2, 0) is 11.3 Å². The van der Waals surface area contributed by atoms with E-state index in [-0.39, 0.29) is 6.10 Å². The minimum Gasteiger partial charge on any atom is -0.367 e. The van der Waals surface area contributed by atoms with Crippen molar-refractivity contribution in [3.63, 3.8) is 0 Å². The van der Waals surface area contributed by atoms with Crippen LogP contribution in [0.3, 0.4) is 0 Å². The van der Waals surface area contributed by atoms with Gasteiger partial charge in [0.1, 0.15) is 0 Å². The first-order valence-corrected chi connectivity index (χ1v) is 8.19. The molecule has 0 amide bonds. The van der Waals surface area contributed by atoms with E-state index in [1.54, 1.807) is 0 Å². The number of hydrogen-bond acceptors (Lipinski definition) is 2. The van der Waals surface area contributed by atoms with Crippen LogP contribution >= 0.6 is 27.5 Å². The lowest BCUT2D eigenvalue weighted by Crippen LogP contribution is -2.23. The first-order valence-electron chi connectivity index (χ1n) is 7.02. The Morgan fingerprint density at radius 2 is 1.86 bits per heavy atom. The molecule has 0 spiro atoms. The van der Waals surface area contributed by atoms with Crippen molar-refractivity contribution in [1.82, 2.24) is 5.32 Å². The van der Waals surface area contributed by atoms with Crippen molar-refractivity contribution in [3.8, 4) is 0 Å². The van der Waals surface area contributed by atoms with Gasteiger partial charge in [0.25, 0.3) is 0 Å². The summed E-state index contributed by atoms with van der Waals surface area (Å²) in [7, 11) is 0. The Balaban J connectivity index is 2.06. The highest BCUT2D eigenvalue weighted by atomic mass is 79.9. The largest absolute Gasteiger partial charge is 0.367 e. The number of benzene rings is 2. The van der Waals surface area contributed by atoms with E-state index in [9.17, 15) is 0 Å². The van der Waals surface area contributed by atoms with Gasteiger partial charge in [-0.1, -0.05) is 64.8 Å². The molecule has 0 aromatic heterocycles. The predicted molar refractivity (Wildman–Crippen MR) is 91.7 cm³/mol. The molecule has 4 heteroatoms. The average molecular weight is 369 g/mol. The summed E-state index contributed by atoms with van der Waals surface area (Å²) in [6.07, 6.45) is 0.0104. The smallest absolute Gasteiger partial charge is 0.0964 e. The highest BCUT2D eigenvalue weighted by molar-refractivity contribution is 9.10. The van der Waals surface area contributed by atoms with Crippen molar-refractivity contribution in [2.45, 2.75) is 19.6 Å². The van der Waals surface area contributed by atoms with Crippen LogP contribution < -0.4 is 5.32 Å². The number of hydrogen-bond donors (Lipinski definition) is 1. The fourth-order valence-electron chi connectivity index (χ4n) is 2.05. The van der Waals surface area contributed by atoms with Gasteiger partial charge in [-0.05, 0) is 35.9 Å². The highest BCUT2D eigenvalue weighted by Crippen LogP contribution is 2.26. The summed E-state index contributed by atoms with van der Waals surface area (Å²) in [5, 5.41) is 4.10. The molecule has 0 heterocycles. The van der Waals surface area contributed by atoms with Crippen LogP contribution in [0.4, 0.5) is 0 Å². The molecule has 0 saturated carbocycles. The van der Waals surface area contributed by atoms with Crippen molar-refractivity contribution in [2.24, 2.45) is 0 Å². The third-order valence-corrected chi connectivity index (χ3v) is 4.17. The molecule has 0 fully saturated rings. The normalized spacial score (nSPS) is 12.3. The van der Waals surface area contributed by atoms with Crippen LogP contribution in [0.2, 0.25) is 5.02 Å². The number of likely N-dealkylation sites (N-methyl/N-ethyl adjacent to an activating group) is 1. The van der Waals surface area contributed by atoms with Crippen molar-refractivity contribution in [2.75, 3.05) is 13.1 Å². The molecule has 2 aromatic carbocycles. The zero-order valence-electron chi connectivity index (χ0n) is 12.0. The van der Waals surface area contributed by atoms with E-state index >= 15 is 0 Å². The average Bonchev–Trinajstić information content (AvgIpc) is 2.50. The summed E-state index contributed by atoms with van der Waals surface area (Å²) in [4.78, 5) is 0. The lowest BCUT2D eigenvalue weighted by Gasteiger charge is -2.20. The Morgan fingerprint density at radius 1 is 1.14 bits per heavy atom. The lowest BCUT2D eigenvalue weighted by molar-refractivity contribution is 0.0397. The minimum atomic E-state index is 0.0104. The Labute approximate surface area is 139 Å². The maximum atomic E-state index is 6.10. The number of halogens is 2. The second-order valence-electron chi connectivity index (χ2n) is 4.76. The van der Waals surface area contributed by atoms with Crippen LogP contribution in [-0.4, -0.2) is 13.1 Å². The lowest BCUT2D eigenvalue weighted by atomic mass is 10.1. The van der Waals surface area contributed by atoms with E-state index in [4.69, 9.17) is 16.3 Å². The molecular formula is C17H19BrClNO. The predicted octanol–water partition coefficient (Wildman–Crippen LogP) is 4.97. The molecule has 0 radical (unpaired) electrons. The van der Waals surface area contributed by atoms with E-state index < -0.39 is 0 Å². The van der Waals surface area contributed by atoms with Gasteiger partial charge >= 0.3 is 0 Å². The second kappa shape index (κ2) is 8.54. The molecule has 2 rings (SSSR count). The highest BCUT2D eigenvalue weighted by Gasteiger charge is 2.14. The molecule has 112 valence electrons. The molecule has 2 aromatic rings. The topological polar surface area (TPSA) is 21.3 Å². The molecule has 0 aliphatic heterocycles. The van der Waals surface area contributed by atoms with Crippen molar-refractivity contribution in [1.29, 1.82) is 0 Å². The summed E-state index contributed by atoms with van der Waals surface area (Å²) in [5.41, 5.74) is 2.28. The van der Waals surface area contributed by atoms with E-state index in [2.05, 4.69) is 34.2 Å². The number of nitrogens with one attached hydrogen (secondary N) is 1. The third-order valence-electron chi connectivity index (χ3n) is 3.20. The van der Waals surface area contributed by atoms with Gasteiger partial charge in [-0.3, -0.25) is 0 Å². The van der Waals surface area contributed by atoms with Crippen LogP contribution in [0.15, 0.2) is 53.0 Å². The summed E-state index contributed by atoms with van der Waals surface area (Å²) >= 11 is 9.50. The van der Waals surface area contributed by atoms with Crippen LogP contribution in [0, 0.1) is 0 Å². The first-order chi connectivity index (χ1) is 10.2. The molecule has 0 aliphatic rings. The van der Waals surface area contributed by atoms with E-state index in [1.165, 1.54) is 0 Å². The number of rotatable bonds is 7. The molecule has 0 aliphatic carbocycles. The van der Waals surface area contributed by atoms with Gasteiger partial charge in [-0.25, -0.2) is 0 Å². The number of ether oxygens (including phenoxy) is 1. The zero-order chi connectivity index (χ0) is 15.1. The van der Waals surface area contributed by atoms with Gasteiger partial charge in [-0.2, -0.15) is 0 Å². The van der Waals surface area contributed by atoms with E-state index in [0.717, 1.165) is 33.7 Å². The van der Waals surface area contributed by atoms with Crippen molar-refractivity contribution >= 4 is 27.5 Å². The van der Waals surface area contributed by atoms with Gasteiger partial charge in [0.2, 0.25) is 0 Å². The molecule has 2 nitrogen and oxygen atoms in total. The summed E-state index contributed by atoms with van der Waals surface area (Å²) in [5.74, 6) is 0. The molecular weight excluding hydrogens is 350 g/mol. The fraction of sp³-hybridized carbons (Fsp3) is 0.294. The molecule has 1 unspecified atom stereocenters. The fourth-order valence-corrected chi connectivity index (χ4v) is 2.71. The first kappa shape index (κ1) is 16.5. The molecule has 1 atom stereocenters. The Hall–Kier alpha value is -0.870. The van der Waals surface area contributed by atoms with Crippen LogP contribution in [0.5, 0.6) is 0 Å². The third kappa shape index (κ3) is 5.11. The van der Waals surface area contributed by atoms with E-state index in [1.807, 2.05) is 42.5 Å². The monoisotopic (exact) mass is 367 g/mol. The van der Waals surface area contributed by atoms with Gasteiger partial charge in [0, 0.05) is 16.0 Å². The Morgan fingerprint density at radius 3 is 2.52 bits per heavy atom. The molecule has 21 heavy (non-hydrogen) atoms. The van der Waals surface area contributed by atoms with Crippen molar-refractivity contribution in [3.05, 3.63) is 69.2 Å². The van der Waals surface area contributed by atoms with Crippen molar-refractivity contribution < 1.29 is 4.74 Å². The van der Waals surface area contributed by atoms with E-state index in [0.29, 0.717) is 6.61 Å². The van der Waals surface area contributed by atoms with Gasteiger partial charge in [-0.15, -0.1) is 0 Å². The maximum Gasteiger partial charge on any atom is 0.0964 e. The van der Waals surface area contributed by atoms with Crippen LogP contribution in [0.25, 0.3) is 0 Å².